The number of hydrogen-bond acceptors (Lipinski definition) is 2. The minimum atomic E-state index is -0.124. The van der Waals surface area contributed by atoms with Crippen LogP contribution in [-0.2, 0) is 6.42 Å². The van der Waals surface area contributed by atoms with E-state index in [0.29, 0.717) is 12.1 Å². The van der Waals surface area contributed by atoms with Crippen LogP contribution >= 0.6 is 15.9 Å². The van der Waals surface area contributed by atoms with Gasteiger partial charge in [0.1, 0.15) is 5.69 Å². The van der Waals surface area contributed by atoms with Gasteiger partial charge in [-0.25, -0.2) is 4.98 Å². The molecule has 0 unspecified atom stereocenters. The molecule has 0 atom stereocenters. The summed E-state index contributed by atoms with van der Waals surface area (Å²) in [6.07, 6.45) is 0.514. The Bertz CT molecular complexity index is 884. The quantitative estimate of drug-likeness (QED) is 0.767. The molecule has 0 radical (unpaired) electrons. The monoisotopic (exact) mass is 342 g/mol. The van der Waals surface area contributed by atoms with E-state index in [1.807, 2.05) is 43.3 Å². The number of aromatic nitrogens is 2. The lowest BCUT2D eigenvalue weighted by Crippen LogP contribution is -2.16. The zero-order chi connectivity index (χ0) is 15.0. The van der Waals surface area contributed by atoms with Gasteiger partial charge in [-0.2, -0.15) is 0 Å². The molecule has 0 fully saturated rings. The summed E-state index contributed by atoms with van der Waals surface area (Å²) >= 11 is 3.51. The molecule has 0 spiro atoms. The molecule has 0 amide bonds. The van der Waals surface area contributed by atoms with E-state index < -0.39 is 0 Å². The van der Waals surface area contributed by atoms with Crippen molar-refractivity contribution >= 4 is 27.0 Å². The van der Waals surface area contributed by atoms with Crippen LogP contribution in [0.25, 0.3) is 11.0 Å². The molecule has 0 aliphatic carbocycles. The van der Waals surface area contributed by atoms with E-state index in [0.717, 1.165) is 26.6 Å². The molecule has 1 N–H and O–H groups in total. The second-order valence-electron chi connectivity index (χ2n) is 5.23. The Balaban J connectivity index is 2.11. The summed E-state index contributed by atoms with van der Waals surface area (Å²) in [6, 6.07) is 11.9. The number of benzene rings is 2. The summed E-state index contributed by atoms with van der Waals surface area (Å²) in [5.41, 5.74) is 5.42. The van der Waals surface area contributed by atoms with Gasteiger partial charge in [0.2, 0.25) is 0 Å². The average Bonchev–Trinajstić information content (AvgIpc) is 2.44. The van der Waals surface area contributed by atoms with Crippen LogP contribution in [-0.4, -0.2) is 9.97 Å². The van der Waals surface area contributed by atoms with Gasteiger partial charge in [0.25, 0.3) is 5.56 Å². The van der Waals surface area contributed by atoms with Crippen molar-refractivity contribution in [2.24, 2.45) is 0 Å². The Labute approximate surface area is 131 Å². The first-order chi connectivity index (χ1) is 10.0. The van der Waals surface area contributed by atoms with E-state index >= 15 is 0 Å². The molecule has 3 nitrogen and oxygen atoms in total. The van der Waals surface area contributed by atoms with Gasteiger partial charge in [0.05, 0.1) is 11.0 Å². The third-order valence-electron chi connectivity index (χ3n) is 3.69. The molecule has 3 aromatic rings. The number of rotatable bonds is 2. The van der Waals surface area contributed by atoms with Crippen molar-refractivity contribution in [2.75, 3.05) is 0 Å². The number of H-pyrrole nitrogens is 1. The van der Waals surface area contributed by atoms with Gasteiger partial charge in [-0.05, 0) is 48.7 Å². The smallest absolute Gasteiger partial charge is 0.270 e. The maximum Gasteiger partial charge on any atom is 0.270 e. The lowest BCUT2D eigenvalue weighted by molar-refractivity contribution is 1.02. The fourth-order valence-electron chi connectivity index (χ4n) is 2.33. The molecule has 4 heteroatoms. The molecule has 0 saturated heterocycles. The SMILES string of the molecule is Cc1cc2nc(Cc3ccccc3Br)c(=O)[nH]c2cc1C. The number of halogens is 1. The third-order valence-corrected chi connectivity index (χ3v) is 4.47. The van der Waals surface area contributed by atoms with Crippen LogP contribution in [0.3, 0.4) is 0 Å². The van der Waals surface area contributed by atoms with Crippen molar-refractivity contribution in [1.29, 1.82) is 0 Å². The summed E-state index contributed by atoms with van der Waals surface area (Å²) in [4.78, 5) is 19.7. The minimum Gasteiger partial charge on any atom is -0.319 e. The zero-order valence-electron chi connectivity index (χ0n) is 11.9. The molecule has 21 heavy (non-hydrogen) atoms. The molecular weight excluding hydrogens is 328 g/mol. The van der Waals surface area contributed by atoms with Crippen LogP contribution in [0.4, 0.5) is 0 Å². The van der Waals surface area contributed by atoms with Crippen LogP contribution in [0, 0.1) is 13.8 Å². The first-order valence-electron chi connectivity index (χ1n) is 6.78. The van der Waals surface area contributed by atoms with E-state index in [2.05, 4.69) is 32.8 Å². The first kappa shape index (κ1) is 14.0. The van der Waals surface area contributed by atoms with Gasteiger partial charge < -0.3 is 4.98 Å². The fourth-order valence-corrected chi connectivity index (χ4v) is 2.75. The molecule has 106 valence electrons. The summed E-state index contributed by atoms with van der Waals surface area (Å²) < 4.78 is 0.992. The van der Waals surface area contributed by atoms with Gasteiger partial charge >= 0.3 is 0 Å². The van der Waals surface area contributed by atoms with E-state index in [1.165, 1.54) is 5.56 Å². The molecular formula is C17H15BrN2O. The highest BCUT2D eigenvalue weighted by Gasteiger charge is 2.09. The number of nitrogens with one attached hydrogen (secondary N) is 1. The van der Waals surface area contributed by atoms with Crippen molar-refractivity contribution in [3.05, 3.63) is 73.6 Å². The second-order valence-corrected chi connectivity index (χ2v) is 6.09. The Morgan fingerprint density at radius 1 is 1.14 bits per heavy atom. The predicted molar refractivity (Wildman–Crippen MR) is 88.8 cm³/mol. The van der Waals surface area contributed by atoms with Gasteiger partial charge in [0, 0.05) is 10.9 Å². The number of aryl methyl sites for hydroxylation is 2. The van der Waals surface area contributed by atoms with Crippen LogP contribution in [0.2, 0.25) is 0 Å². The van der Waals surface area contributed by atoms with Gasteiger partial charge in [-0.3, -0.25) is 4.79 Å². The average molecular weight is 343 g/mol. The maximum absolute atomic E-state index is 12.2. The highest BCUT2D eigenvalue weighted by Crippen LogP contribution is 2.19. The predicted octanol–water partition coefficient (Wildman–Crippen LogP) is 3.89. The number of nitrogens with zero attached hydrogens (tertiary/aromatic N) is 1. The van der Waals surface area contributed by atoms with Crippen LogP contribution in [0.5, 0.6) is 0 Å². The highest BCUT2D eigenvalue weighted by atomic mass is 79.9. The van der Waals surface area contributed by atoms with Crippen molar-refractivity contribution < 1.29 is 0 Å². The van der Waals surface area contributed by atoms with Crippen molar-refractivity contribution in [1.82, 2.24) is 9.97 Å². The van der Waals surface area contributed by atoms with Gasteiger partial charge in [-0.15, -0.1) is 0 Å². The number of hydrogen-bond donors (Lipinski definition) is 1. The lowest BCUT2D eigenvalue weighted by atomic mass is 10.1. The number of aromatic amines is 1. The standard InChI is InChI=1S/C17H15BrN2O/c1-10-7-14-15(8-11(10)2)20-17(21)16(19-14)9-12-5-3-4-6-13(12)18/h3-8H,9H2,1-2H3,(H,20,21). The van der Waals surface area contributed by atoms with E-state index in [1.54, 1.807) is 0 Å². The van der Waals surface area contributed by atoms with Crippen LogP contribution < -0.4 is 5.56 Å². The van der Waals surface area contributed by atoms with Crippen LogP contribution in [0.1, 0.15) is 22.4 Å². The third kappa shape index (κ3) is 2.76. The zero-order valence-corrected chi connectivity index (χ0v) is 13.5. The van der Waals surface area contributed by atoms with Gasteiger partial charge in [0.15, 0.2) is 0 Å². The molecule has 3 rings (SSSR count). The van der Waals surface area contributed by atoms with Crippen molar-refractivity contribution in [3.63, 3.8) is 0 Å². The first-order valence-corrected chi connectivity index (χ1v) is 7.57. The maximum atomic E-state index is 12.2. The van der Waals surface area contributed by atoms with Crippen LogP contribution in [0.15, 0.2) is 45.7 Å². The Kier molecular flexibility index (Phi) is 3.64. The van der Waals surface area contributed by atoms with Crippen molar-refractivity contribution in [3.8, 4) is 0 Å². The Hall–Kier alpha value is -1.94. The van der Waals surface area contributed by atoms with Gasteiger partial charge in [-0.1, -0.05) is 34.1 Å². The molecule has 2 aromatic carbocycles. The van der Waals surface area contributed by atoms with E-state index in [4.69, 9.17) is 0 Å². The fraction of sp³-hybridized carbons (Fsp3) is 0.176. The Morgan fingerprint density at radius 2 is 1.86 bits per heavy atom. The molecule has 1 heterocycles. The molecule has 0 aliphatic heterocycles. The largest absolute Gasteiger partial charge is 0.319 e. The highest BCUT2D eigenvalue weighted by molar-refractivity contribution is 9.10. The summed E-state index contributed by atoms with van der Waals surface area (Å²) in [5.74, 6) is 0. The second kappa shape index (κ2) is 5.45. The summed E-state index contributed by atoms with van der Waals surface area (Å²) in [7, 11) is 0. The topological polar surface area (TPSA) is 45.8 Å². The normalized spacial score (nSPS) is 11.0. The molecule has 0 aliphatic rings. The molecule has 0 saturated carbocycles. The van der Waals surface area contributed by atoms with Crippen molar-refractivity contribution in [2.45, 2.75) is 20.3 Å². The lowest BCUT2D eigenvalue weighted by Gasteiger charge is -2.07. The molecule has 1 aromatic heterocycles. The Morgan fingerprint density at radius 3 is 2.62 bits per heavy atom. The summed E-state index contributed by atoms with van der Waals surface area (Å²) in [5, 5.41) is 0. The van der Waals surface area contributed by atoms with E-state index in [9.17, 15) is 4.79 Å². The van der Waals surface area contributed by atoms with E-state index in [-0.39, 0.29) is 5.56 Å². The minimum absolute atomic E-state index is 0.124. The summed E-state index contributed by atoms with van der Waals surface area (Å²) in [6.45, 7) is 4.08. The molecule has 0 bridgehead atoms. The number of fused-ring (bicyclic) bond motifs is 1.